The molecule has 0 aliphatic heterocycles. The first-order chi connectivity index (χ1) is 12.1. The second-order valence-corrected chi connectivity index (χ2v) is 6.25. The van der Waals surface area contributed by atoms with Gasteiger partial charge in [-0.3, -0.25) is 10.1 Å². The van der Waals surface area contributed by atoms with Crippen molar-refractivity contribution in [2.45, 2.75) is 17.9 Å². The smallest absolute Gasteiger partial charge is 0.382 e. The van der Waals surface area contributed by atoms with Crippen molar-refractivity contribution in [2.75, 3.05) is 7.11 Å². The Labute approximate surface area is 143 Å². The number of benzene rings is 2. The van der Waals surface area contributed by atoms with Gasteiger partial charge in [-0.1, -0.05) is 48.5 Å². The minimum absolute atomic E-state index is 0.391. The lowest BCUT2D eigenvalue weighted by Crippen LogP contribution is -2.56. The van der Waals surface area contributed by atoms with Gasteiger partial charge in [-0.2, -0.15) is 0 Å². The molecule has 0 fully saturated rings. The van der Waals surface area contributed by atoms with Crippen molar-refractivity contribution in [1.29, 1.82) is 0 Å². The predicted octanol–water partition coefficient (Wildman–Crippen LogP) is 2.83. The van der Waals surface area contributed by atoms with Gasteiger partial charge in [0.25, 0.3) is 0 Å². The quantitative estimate of drug-likeness (QED) is 0.451. The molecule has 0 saturated heterocycles. The molecule has 2 aromatic carbocycles. The maximum Gasteiger partial charge on any atom is 0.382 e. The van der Waals surface area contributed by atoms with Crippen LogP contribution in [-0.2, 0) is 21.4 Å². The van der Waals surface area contributed by atoms with E-state index >= 15 is 0 Å². The molecule has 2 unspecified atom stereocenters. The van der Waals surface area contributed by atoms with Crippen LogP contribution in [0.5, 0.6) is 0 Å². The van der Waals surface area contributed by atoms with Crippen LogP contribution in [-0.4, -0.2) is 29.0 Å². The largest absolute Gasteiger partial charge is 0.464 e. The summed E-state index contributed by atoms with van der Waals surface area (Å²) in [5.74, 6) is -0.829. The topological polar surface area (TPSA) is 85.2 Å². The minimum Gasteiger partial charge on any atom is -0.464 e. The molecule has 6 nitrogen and oxygen atoms in total. The number of nitrogens with zero attached hydrogens (tertiary/aromatic N) is 1. The number of H-pyrrole nitrogens is 1. The van der Waals surface area contributed by atoms with E-state index in [0.29, 0.717) is 6.42 Å². The summed E-state index contributed by atoms with van der Waals surface area (Å²) < 4.78 is 4.79. The number of carbonyl (C=O) groups excluding carboxylic acids is 1. The normalized spacial score (nSPS) is 19.7. The standard InChI is InChI=1S/C19H16N2O4/c1-25-18(22)17(21(23)24)19(12-7-3-2-4-8-12)11-15-16(19)13-9-5-6-10-14(13)20-15/h2-10,17,20H,11H2,1H3. The molecule has 3 aromatic rings. The number of para-hydroxylation sites is 1. The van der Waals surface area contributed by atoms with Gasteiger partial charge in [-0.05, 0) is 17.2 Å². The van der Waals surface area contributed by atoms with E-state index in [1.165, 1.54) is 7.11 Å². The van der Waals surface area contributed by atoms with Gasteiger partial charge in [-0.15, -0.1) is 0 Å². The van der Waals surface area contributed by atoms with Gasteiger partial charge in [0, 0.05) is 27.9 Å². The number of rotatable bonds is 4. The lowest BCUT2D eigenvalue weighted by molar-refractivity contribution is -0.521. The number of ether oxygens (including phenoxy) is 1. The highest BCUT2D eigenvalue weighted by molar-refractivity contribution is 5.91. The molecule has 1 aliphatic rings. The molecule has 1 aliphatic carbocycles. The number of nitrogens with one attached hydrogen (secondary N) is 1. The molecule has 126 valence electrons. The Balaban J connectivity index is 2.03. The Bertz CT molecular complexity index is 980. The second kappa shape index (κ2) is 5.44. The number of methoxy groups -OCH3 is 1. The van der Waals surface area contributed by atoms with E-state index in [0.717, 1.165) is 27.7 Å². The zero-order chi connectivity index (χ0) is 17.6. The molecule has 4 rings (SSSR count). The third-order valence-corrected chi connectivity index (χ3v) is 5.08. The molecule has 1 N–H and O–H groups in total. The molecule has 0 radical (unpaired) electrons. The van der Waals surface area contributed by atoms with Crippen molar-refractivity contribution < 1.29 is 14.5 Å². The Kier molecular flexibility index (Phi) is 3.35. The van der Waals surface area contributed by atoms with E-state index in [1.54, 1.807) is 0 Å². The van der Waals surface area contributed by atoms with E-state index in [-0.39, 0.29) is 0 Å². The number of hydrogen-bond donors (Lipinski definition) is 1. The van der Waals surface area contributed by atoms with Gasteiger partial charge in [0.1, 0.15) is 5.41 Å². The van der Waals surface area contributed by atoms with Crippen molar-refractivity contribution in [1.82, 2.24) is 4.98 Å². The minimum atomic E-state index is -1.49. The Hall–Kier alpha value is -3.15. The third-order valence-electron chi connectivity index (χ3n) is 5.08. The summed E-state index contributed by atoms with van der Waals surface area (Å²) in [6, 6.07) is 15.4. The van der Waals surface area contributed by atoms with Crippen LogP contribution in [0, 0.1) is 10.1 Å². The molecule has 0 spiro atoms. The summed E-state index contributed by atoms with van der Waals surface area (Å²) >= 11 is 0. The molecule has 0 saturated carbocycles. The summed E-state index contributed by atoms with van der Waals surface area (Å²) in [7, 11) is 1.19. The number of nitro groups is 1. The second-order valence-electron chi connectivity index (χ2n) is 6.25. The first-order valence-electron chi connectivity index (χ1n) is 7.96. The van der Waals surface area contributed by atoms with Gasteiger partial charge < -0.3 is 9.72 Å². The van der Waals surface area contributed by atoms with Gasteiger partial charge in [0.05, 0.1) is 7.11 Å². The van der Waals surface area contributed by atoms with Crippen LogP contribution in [0.2, 0.25) is 0 Å². The van der Waals surface area contributed by atoms with Crippen LogP contribution in [0.1, 0.15) is 16.8 Å². The van der Waals surface area contributed by atoms with Crippen LogP contribution in [0.15, 0.2) is 54.6 Å². The van der Waals surface area contributed by atoms with Crippen molar-refractivity contribution in [3.63, 3.8) is 0 Å². The maximum atomic E-state index is 12.4. The van der Waals surface area contributed by atoms with E-state index in [2.05, 4.69) is 4.98 Å². The van der Waals surface area contributed by atoms with Crippen LogP contribution >= 0.6 is 0 Å². The highest BCUT2D eigenvalue weighted by atomic mass is 16.6. The van der Waals surface area contributed by atoms with Crippen molar-refractivity contribution in [3.05, 3.63) is 81.5 Å². The van der Waals surface area contributed by atoms with E-state index in [4.69, 9.17) is 4.74 Å². The summed E-state index contributed by atoms with van der Waals surface area (Å²) in [5.41, 5.74) is 2.38. The molecule has 25 heavy (non-hydrogen) atoms. The number of esters is 1. The summed E-state index contributed by atoms with van der Waals surface area (Å²) in [5, 5.41) is 12.8. The number of aromatic nitrogens is 1. The number of fused-ring (bicyclic) bond motifs is 3. The fourth-order valence-electron chi connectivity index (χ4n) is 4.05. The number of aromatic amines is 1. The Morgan fingerprint density at radius 1 is 1.20 bits per heavy atom. The first kappa shape index (κ1) is 15.4. The fraction of sp³-hybridized carbons (Fsp3) is 0.211. The van der Waals surface area contributed by atoms with Gasteiger partial charge in [0.15, 0.2) is 0 Å². The Morgan fingerprint density at radius 3 is 2.56 bits per heavy atom. The summed E-state index contributed by atoms with van der Waals surface area (Å²) in [6.07, 6.45) is 0.391. The van der Waals surface area contributed by atoms with Crippen LogP contribution in [0.4, 0.5) is 0 Å². The predicted molar refractivity (Wildman–Crippen MR) is 92.0 cm³/mol. The van der Waals surface area contributed by atoms with Crippen molar-refractivity contribution >= 4 is 16.9 Å². The van der Waals surface area contributed by atoms with Gasteiger partial charge in [-0.25, -0.2) is 4.79 Å². The van der Waals surface area contributed by atoms with Crippen LogP contribution < -0.4 is 0 Å². The van der Waals surface area contributed by atoms with Crippen molar-refractivity contribution in [2.24, 2.45) is 0 Å². The molecular formula is C19H16N2O4. The average Bonchev–Trinajstić information content (AvgIpc) is 2.91. The molecule has 6 heteroatoms. The zero-order valence-corrected chi connectivity index (χ0v) is 13.6. The molecule has 1 aromatic heterocycles. The fourth-order valence-corrected chi connectivity index (χ4v) is 4.05. The molecule has 1 heterocycles. The van der Waals surface area contributed by atoms with E-state index in [9.17, 15) is 14.9 Å². The Morgan fingerprint density at radius 2 is 1.88 bits per heavy atom. The summed E-state index contributed by atoms with van der Waals surface area (Å²) in [6.45, 7) is 0. The maximum absolute atomic E-state index is 12.4. The van der Waals surface area contributed by atoms with E-state index in [1.807, 2.05) is 54.6 Å². The average molecular weight is 336 g/mol. The van der Waals surface area contributed by atoms with Crippen molar-refractivity contribution in [3.8, 4) is 0 Å². The molecule has 0 bridgehead atoms. The number of carbonyl (C=O) groups is 1. The zero-order valence-electron chi connectivity index (χ0n) is 13.6. The lowest BCUT2D eigenvalue weighted by Gasteiger charge is -2.42. The molecule has 2 atom stereocenters. The first-order valence-corrected chi connectivity index (χ1v) is 7.96. The van der Waals surface area contributed by atoms with Gasteiger partial charge >= 0.3 is 12.0 Å². The lowest BCUT2D eigenvalue weighted by atomic mass is 9.58. The van der Waals surface area contributed by atoms with Crippen LogP contribution in [0.3, 0.4) is 0 Å². The highest BCUT2D eigenvalue weighted by Crippen LogP contribution is 2.52. The monoisotopic (exact) mass is 336 g/mol. The SMILES string of the molecule is COC(=O)C([N+](=O)[O-])C1(c2ccccc2)Cc2[nH]c3ccccc3c21. The molecule has 0 amide bonds. The summed E-state index contributed by atoms with van der Waals surface area (Å²) in [4.78, 5) is 27.0. The van der Waals surface area contributed by atoms with Crippen LogP contribution in [0.25, 0.3) is 10.9 Å². The molecular weight excluding hydrogens is 320 g/mol. The highest BCUT2D eigenvalue weighted by Gasteiger charge is 2.62. The van der Waals surface area contributed by atoms with Gasteiger partial charge in [0.2, 0.25) is 0 Å². The van der Waals surface area contributed by atoms with E-state index < -0.39 is 22.3 Å². The number of hydrogen-bond acceptors (Lipinski definition) is 4. The third kappa shape index (κ3) is 2.00.